The Kier molecular flexibility index (Phi) is 4.88. The van der Waals surface area contributed by atoms with Crippen LogP contribution in [0, 0.1) is 5.92 Å². The molecule has 1 N–H and O–H groups in total. The van der Waals surface area contributed by atoms with Crippen molar-refractivity contribution in [3.05, 3.63) is 54.1 Å². The number of fused-ring (bicyclic) bond motifs is 1. The molecule has 0 amide bonds. The van der Waals surface area contributed by atoms with Crippen molar-refractivity contribution in [2.45, 2.75) is 13.8 Å². The first-order chi connectivity index (χ1) is 11.2. The molecular weight excluding hydrogens is 306 g/mol. The fourth-order valence-electron chi connectivity index (χ4n) is 2.05. The molecule has 0 fully saturated rings. The summed E-state index contributed by atoms with van der Waals surface area (Å²) in [5.74, 6) is 1.33. The average molecular weight is 325 g/mol. The molecule has 0 bridgehead atoms. The molecule has 0 aliphatic rings. The largest absolute Gasteiger partial charge is 0.493 e. The zero-order valence-electron chi connectivity index (χ0n) is 13.2. The molecule has 1 aromatic heterocycles. The van der Waals surface area contributed by atoms with E-state index >= 15 is 0 Å². The van der Waals surface area contributed by atoms with Crippen LogP contribution in [0.5, 0.6) is 5.75 Å². The third kappa shape index (κ3) is 4.07. The number of rotatable bonds is 6. The van der Waals surface area contributed by atoms with Gasteiger partial charge in [0.2, 0.25) is 5.13 Å². The van der Waals surface area contributed by atoms with Crippen LogP contribution in [0.25, 0.3) is 10.2 Å². The standard InChI is InChI=1S/C18H19N3OS/c1-13(2)12-22-16-9-5-3-7-14(16)11-19-21-18-20-15-8-4-6-10-17(15)23-18/h3-11,13H,12H2,1-2H3,(H,20,21)/b19-11-. The zero-order chi connectivity index (χ0) is 16.1. The molecule has 4 nitrogen and oxygen atoms in total. The second-order valence-electron chi connectivity index (χ2n) is 5.60. The van der Waals surface area contributed by atoms with Gasteiger partial charge in [-0.3, -0.25) is 5.43 Å². The van der Waals surface area contributed by atoms with Crippen molar-refractivity contribution in [1.82, 2.24) is 4.98 Å². The summed E-state index contributed by atoms with van der Waals surface area (Å²) in [6, 6.07) is 15.9. The Morgan fingerprint density at radius 1 is 1.17 bits per heavy atom. The molecule has 0 saturated carbocycles. The van der Waals surface area contributed by atoms with Crippen molar-refractivity contribution in [1.29, 1.82) is 0 Å². The van der Waals surface area contributed by atoms with Gasteiger partial charge in [0, 0.05) is 5.56 Å². The van der Waals surface area contributed by atoms with E-state index in [-0.39, 0.29) is 0 Å². The molecule has 1 heterocycles. The lowest BCUT2D eigenvalue weighted by molar-refractivity contribution is 0.271. The monoisotopic (exact) mass is 325 g/mol. The SMILES string of the molecule is CC(C)COc1ccccc1/C=N\Nc1nc2ccccc2s1. The maximum atomic E-state index is 5.82. The highest BCUT2D eigenvalue weighted by molar-refractivity contribution is 7.22. The summed E-state index contributed by atoms with van der Waals surface area (Å²) in [6.07, 6.45) is 1.77. The van der Waals surface area contributed by atoms with E-state index in [0.29, 0.717) is 12.5 Å². The van der Waals surface area contributed by atoms with E-state index in [2.05, 4.69) is 35.4 Å². The highest BCUT2D eigenvalue weighted by Crippen LogP contribution is 2.25. The molecule has 0 radical (unpaired) electrons. The molecule has 0 aliphatic heterocycles. The number of hydrogen-bond donors (Lipinski definition) is 1. The van der Waals surface area contributed by atoms with Crippen molar-refractivity contribution in [3.63, 3.8) is 0 Å². The van der Waals surface area contributed by atoms with Crippen LogP contribution < -0.4 is 10.2 Å². The molecule has 2 aromatic carbocycles. The minimum Gasteiger partial charge on any atom is -0.493 e. The van der Waals surface area contributed by atoms with Crippen LogP contribution in [0.3, 0.4) is 0 Å². The molecule has 0 spiro atoms. The highest BCUT2D eigenvalue weighted by atomic mass is 32.1. The van der Waals surface area contributed by atoms with Gasteiger partial charge in [-0.25, -0.2) is 4.98 Å². The second-order valence-corrected chi connectivity index (χ2v) is 6.63. The van der Waals surface area contributed by atoms with Crippen molar-refractivity contribution >= 4 is 32.9 Å². The van der Waals surface area contributed by atoms with Gasteiger partial charge in [-0.05, 0) is 30.2 Å². The van der Waals surface area contributed by atoms with Gasteiger partial charge in [-0.15, -0.1) is 0 Å². The minimum absolute atomic E-state index is 0.487. The first kappa shape index (κ1) is 15.5. The first-order valence-corrected chi connectivity index (χ1v) is 8.40. The van der Waals surface area contributed by atoms with Crippen LogP contribution in [0.4, 0.5) is 5.13 Å². The molecule has 118 valence electrons. The summed E-state index contributed by atoms with van der Waals surface area (Å²) in [5, 5.41) is 5.07. The summed E-state index contributed by atoms with van der Waals surface area (Å²) < 4.78 is 6.96. The van der Waals surface area contributed by atoms with E-state index in [1.54, 1.807) is 17.6 Å². The van der Waals surface area contributed by atoms with Crippen molar-refractivity contribution in [2.24, 2.45) is 11.0 Å². The average Bonchev–Trinajstić information content (AvgIpc) is 2.96. The molecule has 5 heteroatoms. The molecule has 0 atom stereocenters. The predicted octanol–water partition coefficient (Wildman–Crippen LogP) is 4.78. The van der Waals surface area contributed by atoms with E-state index in [0.717, 1.165) is 26.7 Å². The Labute approximate surface area is 139 Å². The van der Waals surface area contributed by atoms with Crippen molar-refractivity contribution in [2.75, 3.05) is 12.0 Å². The molecule has 0 aliphatic carbocycles. The third-order valence-corrected chi connectivity index (χ3v) is 4.09. The number of ether oxygens (including phenoxy) is 1. The first-order valence-electron chi connectivity index (χ1n) is 7.59. The summed E-state index contributed by atoms with van der Waals surface area (Å²) in [4.78, 5) is 4.49. The van der Waals surface area contributed by atoms with Gasteiger partial charge in [0.05, 0.1) is 23.0 Å². The van der Waals surface area contributed by atoms with E-state index in [1.807, 2.05) is 42.5 Å². The predicted molar refractivity (Wildman–Crippen MR) is 97.6 cm³/mol. The summed E-state index contributed by atoms with van der Waals surface area (Å²) in [6.45, 7) is 4.95. The quantitative estimate of drug-likeness (QED) is 0.524. The van der Waals surface area contributed by atoms with Crippen molar-refractivity contribution in [3.8, 4) is 5.75 Å². The highest BCUT2D eigenvalue weighted by Gasteiger charge is 2.03. The lowest BCUT2D eigenvalue weighted by Gasteiger charge is -2.10. The Balaban J connectivity index is 1.70. The lowest BCUT2D eigenvalue weighted by atomic mass is 10.2. The van der Waals surface area contributed by atoms with Crippen LogP contribution in [-0.2, 0) is 0 Å². The van der Waals surface area contributed by atoms with Gasteiger partial charge in [0.1, 0.15) is 5.75 Å². The number of nitrogens with one attached hydrogen (secondary N) is 1. The van der Waals surface area contributed by atoms with E-state index in [4.69, 9.17) is 4.74 Å². The maximum absolute atomic E-state index is 5.82. The van der Waals surface area contributed by atoms with Gasteiger partial charge in [-0.2, -0.15) is 5.10 Å². The molecule has 3 aromatic rings. The van der Waals surface area contributed by atoms with Crippen LogP contribution in [0.15, 0.2) is 53.6 Å². The summed E-state index contributed by atoms with van der Waals surface area (Å²) in [7, 11) is 0. The Morgan fingerprint density at radius 2 is 1.96 bits per heavy atom. The van der Waals surface area contributed by atoms with Gasteiger partial charge < -0.3 is 4.74 Å². The Hall–Kier alpha value is -2.40. The number of hydrogen-bond acceptors (Lipinski definition) is 5. The number of para-hydroxylation sites is 2. The molecule has 0 saturated heterocycles. The molecule has 0 unspecified atom stereocenters. The number of hydrazone groups is 1. The van der Waals surface area contributed by atoms with Gasteiger partial charge in [-0.1, -0.05) is 49.4 Å². The van der Waals surface area contributed by atoms with Crippen LogP contribution in [-0.4, -0.2) is 17.8 Å². The van der Waals surface area contributed by atoms with Crippen LogP contribution >= 0.6 is 11.3 Å². The lowest BCUT2D eigenvalue weighted by Crippen LogP contribution is -2.06. The van der Waals surface area contributed by atoms with Gasteiger partial charge in [0.15, 0.2) is 0 Å². The van der Waals surface area contributed by atoms with E-state index in [9.17, 15) is 0 Å². The third-order valence-electron chi connectivity index (χ3n) is 3.15. The topological polar surface area (TPSA) is 46.5 Å². The Morgan fingerprint density at radius 3 is 2.78 bits per heavy atom. The smallest absolute Gasteiger partial charge is 0.204 e. The molecule has 3 rings (SSSR count). The van der Waals surface area contributed by atoms with Gasteiger partial charge in [0.25, 0.3) is 0 Å². The van der Waals surface area contributed by atoms with E-state index < -0.39 is 0 Å². The molecular formula is C18H19N3OS. The second kappa shape index (κ2) is 7.24. The number of nitrogens with zero attached hydrogens (tertiary/aromatic N) is 2. The number of benzene rings is 2. The van der Waals surface area contributed by atoms with Crippen LogP contribution in [0.1, 0.15) is 19.4 Å². The van der Waals surface area contributed by atoms with Gasteiger partial charge >= 0.3 is 0 Å². The Bertz CT molecular complexity index is 778. The number of anilines is 1. The molecule has 23 heavy (non-hydrogen) atoms. The number of thiazole rings is 1. The fraction of sp³-hybridized carbons (Fsp3) is 0.222. The minimum atomic E-state index is 0.487. The van der Waals surface area contributed by atoms with Crippen molar-refractivity contribution < 1.29 is 4.74 Å². The number of aromatic nitrogens is 1. The fourth-order valence-corrected chi connectivity index (χ4v) is 2.87. The van der Waals surface area contributed by atoms with Crippen LogP contribution in [0.2, 0.25) is 0 Å². The van der Waals surface area contributed by atoms with E-state index in [1.165, 1.54) is 0 Å². The normalized spacial score (nSPS) is 11.4. The summed E-state index contributed by atoms with van der Waals surface area (Å²) in [5.41, 5.74) is 4.92. The maximum Gasteiger partial charge on any atom is 0.204 e. The summed E-state index contributed by atoms with van der Waals surface area (Å²) >= 11 is 1.58. The zero-order valence-corrected chi connectivity index (χ0v) is 14.0.